The van der Waals surface area contributed by atoms with Crippen LogP contribution in [-0.4, -0.2) is 68.2 Å². The molecule has 0 bridgehead atoms. The molecular formula is C28H34N6O4S. The van der Waals surface area contributed by atoms with Crippen LogP contribution in [0.15, 0.2) is 59.8 Å². The average molecular weight is 551 g/mol. The Bertz CT molecular complexity index is 1350. The number of amides is 2. The van der Waals surface area contributed by atoms with E-state index >= 15 is 0 Å². The van der Waals surface area contributed by atoms with E-state index in [1.165, 1.54) is 0 Å². The maximum absolute atomic E-state index is 13.7. The summed E-state index contributed by atoms with van der Waals surface area (Å²) in [6.07, 6.45) is 3.18. The van der Waals surface area contributed by atoms with Gasteiger partial charge in [0.25, 0.3) is 0 Å². The van der Waals surface area contributed by atoms with Gasteiger partial charge in [-0.1, -0.05) is 6.07 Å². The summed E-state index contributed by atoms with van der Waals surface area (Å²) in [5.41, 5.74) is 1.38. The number of aliphatic hydroxyl groups excluding tert-OH is 1. The summed E-state index contributed by atoms with van der Waals surface area (Å²) in [5.74, 6) is 1.31. The number of anilines is 2. The van der Waals surface area contributed by atoms with Crippen molar-refractivity contribution in [2.24, 2.45) is 0 Å². The van der Waals surface area contributed by atoms with Crippen LogP contribution in [0.3, 0.4) is 0 Å². The minimum atomic E-state index is -1.36. The SMILES string of the molecule is C[C@H]1COCCN1c1cc(C2(S(=O)c3ccccn3)CC2)nc(-c2ccc(NC(=O)NC(C)(C)CO)cc2)n1. The number of benzene rings is 1. The van der Waals surface area contributed by atoms with E-state index in [4.69, 9.17) is 14.7 Å². The van der Waals surface area contributed by atoms with Crippen molar-refractivity contribution >= 4 is 28.3 Å². The molecular weight excluding hydrogens is 516 g/mol. The molecule has 3 N–H and O–H groups in total. The van der Waals surface area contributed by atoms with Crippen molar-refractivity contribution in [3.8, 4) is 11.4 Å². The Morgan fingerprint density at radius 1 is 1.21 bits per heavy atom. The summed E-state index contributed by atoms with van der Waals surface area (Å²) in [6, 6.07) is 14.5. The van der Waals surface area contributed by atoms with E-state index in [1.54, 1.807) is 38.2 Å². The maximum atomic E-state index is 13.7. The van der Waals surface area contributed by atoms with Crippen LogP contribution < -0.4 is 15.5 Å². The summed E-state index contributed by atoms with van der Waals surface area (Å²) >= 11 is 0. The fourth-order valence-corrected chi connectivity index (χ4v) is 6.06. The van der Waals surface area contributed by atoms with Gasteiger partial charge in [0.1, 0.15) is 10.8 Å². The highest BCUT2D eigenvalue weighted by molar-refractivity contribution is 7.86. The predicted molar refractivity (Wildman–Crippen MR) is 150 cm³/mol. The molecule has 1 saturated heterocycles. The third-order valence-corrected chi connectivity index (χ3v) is 8.92. The molecule has 0 spiro atoms. The Labute approximate surface area is 230 Å². The van der Waals surface area contributed by atoms with Gasteiger partial charge in [0.15, 0.2) is 5.82 Å². The third-order valence-electron chi connectivity index (χ3n) is 6.98. The third kappa shape index (κ3) is 5.95. The van der Waals surface area contributed by atoms with Crippen molar-refractivity contribution in [2.75, 3.05) is 36.6 Å². The van der Waals surface area contributed by atoms with E-state index < -0.39 is 27.1 Å². The van der Waals surface area contributed by atoms with Crippen LogP contribution in [0.2, 0.25) is 0 Å². The van der Waals surface area contributed by atoms with Gasteiger partial charge in [0, 0.05) is 30.1 Å². The number of aliphatic hydroxyl groups is 1. The van der Waals surface area contributed by atoms with Crippen molar-refractivity contribution in [1.29, 1.82) is 0 Å². The van der Waals surface area contributed by atoms with Crippen molar-refractivity contribution in [3.63, 3.8) is 0 Å². The lowest BCUT2D eigenvalue weighted by atomic mass is 10.1. The van der Waals surface area contributed by atoms with Crippen molar-refractivity contribution < 1.29 is 18.8 Å². The Hall–Kier alpha value is -3.41. The molecule has 2 aliphatic rings. The van der Waals surface area contributed by atoms with Gasteiger partial charge in [-0.2, -0.15) is 0 Å². The Kier molecular flexibility index (Phi) is 7.66. The van der Waals surface area contributed by atoms with Crippen LogP contribution in [0, 0.1) is 0 Å². The first-order valence-corrected chi connectivity index (χ1v) is 14.2. The zero-order valence-corrected chi connectivity index (χ0v) is 23.2. The number of ether oxygens (including phenoxy) is 1. The number of hydrogen-bond donors (Lipinski definition) is 3. The highest BCUT2D eigenvalue weighted by Crippen LogP contribution is 2.52. The molecule has 5 rings (SSSR count). The standard InChI is InChI=1S/C28H34N6O4S/c1-19-17-38-15-14-34(19)23-16-22(28(11-12-28)39(37)24-6-4-5-13-29-24)31-25(32-23)20-7-9-21(10-8-20)30-26(36)33-27(2,3)18-35/h4-10,13,16,19,35H,11-12,14-15,17-18H2,1-3H3,(H2,30,33,36)/t19-,39?/m0/s1. The van der Waals surface area contributed by atoms with Crippen LogP contribution in [0.1, 0.15) is 39.3 Å². The van der Waals surface area contributed by atoms with Crippen LogP contribution in [0.5, 0.6) is 0 Å². The lowest BCUT2D eigenvalue weighted by Gasteiger charge is -2.34. The number of carbonyl (C=O) groups is 1. The van der Waals surface area contributed by atoms with Crippen LogP contribution in [0.4, 0.5) is 16.3 Å². The Morgan fingerprint density at radius 3 is 2.62 bits per heavy atom. The highest BCUT2D eigenvalue weighted by Gasteiger charge is 2.53. The van der Waals surface area contributed by atoms with Gasteiger partial charge in [-0.05, 0) is 70.0 Å². The van der Waals surface area contributed by atoms with E-state index in [9.17, 15) is 14.1 Å². The molecule has 0 radical (unpaired) electrons. The largest absolute Gasteiger partial charge is 0.394 e. The molecule has 10 nitrogen and oxygen atoms in total. The van der Waals surface area contributed by atoms with Gasteiger partial charge in [-0.25, -0.2) is 19.7 Å². The number of nitrogens with one attached hydrogen (secondary N) is 2. The lowest BCUT2D eigenvalue weighted by molar-refractivity contribution is 0.0985. The van der Waals surface area contributed by atoms with E-state index in [-0.39, 0.29) is 12.6 Å². The van der Waals surface area contributed by atoms with E-state index in [1.807, 2.05) is 30.3 Å². The van der Waals surface area contributed by atoms with Gasteiger partial charge in [0.05, 0.1) is 52.6 Å². The zero-order valence-electron chi connectivity index (χ0n) is 22.4. The zero-order chi connectivity index (χ0) is 27.6. The average Bonchev–Trinajstić information content (AvgIpc) is 3.75. The van der Waals surface area contributed by atoms with Crippen LogP contribution in [-0.2, 0) is 20.3 Å². The molecule has 1 aromatic carbocycles. The lowest BCUT2D eigenvalue weighted by Crippen LogP contribution is -2.48. The van der Waals surface area contributed by atoms with Crippen molar-refractivity contribution in [3.05, 3.63) is 60.4 Å². The predicted octanol–water partition coefficient (Wildman–Crippen LogP) is 3.45. The first-order valence-electron chi connectivity index (χ1n) is 13.1. The number of morpholine rings is 1. The molecule has 39 heavy (non-hydrogen) atoms. The number of urea groups is 1. The minimum absolute atomic E-state index is 0.138. The molecule has 2 fully saturated rings. The number of nitrogens with zero attached hydrogens (tertiary/aromatic N) is 4. The van der Waals surface area contributed by atoms with Gasteiger partial charge in [0.2, 0.25) is 0 Å². The first kappa shape index (κ1) is 27.2. The molecule has 2 aromatic heterocycles. The van der Waals surface area contributed by atoms with Crippen molar-refractivity contribution in [2.45, 2.75) is 55.0 Å². The molecule has 1 aliphatic heterocycles. The number of hydrogen-bond acceptors (Lipinski definition) is 8. The number of pyridine rings is 1. The quantitative estimate of drug-likeness (QED) is 0.389. The molecule has 3 aromatic rings. The molecule has 206 valence electrons. The number of aromatic nitrogens is 3. The normalized spacial score (nSPS) is 19.3. The smallest absolute Gasteiger partial charge is 0.319 e. The Balaban J connectivity index is 1.47. The molecule has 1 unspecified atom stereocenters. The monoisotopic (exact) mass is 550 g/mol. The highest BCUT2D eigenvalue weighted by atomic mass is 32.2. The van der Waals surface area contributed by atoms with Gasteiger partial charge in [-0.3, -0.25) is 4.21 Å². The molecule has 3 heterocycles. The second-order valence-electron chi connectivity index (χ2n) is 10.7. The minimum Gasteiger partial charge on any atom is -0.394 e. The first-order chi connectivity index (χ1) is 18.7. The molecule has 1 saturated carbocycles. The van der Waals surface area contributed by atoms with E-state index in [0.29, 0.717) is 36.3 Å². The molecule has 2 amide bonds. The number of carbonyl (C=O) groups excluding carboxylic acids is 1. The Morgan fingerprint density at radius 2 is 1.97 bits per heavy atom. The summed E-state index contributed by atoms with van der Waals surface area (Å²) in [7, 11) is -1.36. The fourth-order valence-electron chi connectivity index (χ4n) is 4.53. The van der Waals surface area contributed by atoms with E-state index in [0.717, 1.165) is 29.9 Å². The van der Waals surface area contributed by atoms with Gasteiger partial charge >= 0.3 is 6.03 Å². The number of rotatable bonds is 8. The van der Waals surface area contributed by atoms with E-state index in [2.05, 4.69) is 27.4 Å². The molecule has 2 atom stereocenters. The van der Waals surface area contributed by atoms with Crippen LogP contribution in [0.25, 0.3) is 11.4 Å². The summed E-state index contributed by atoms with van der Waals surface area (Å²) < 4.78 is 18.7. The second-order valence-corrected chi connectivity index (χ2v) is 12.4. The molecule has 11 heteroatoms. The fraction of sp³-hybridized carbons (Fsp3) is 0.429. The van der Waals surface area contributed by atoms with Crippen LogP contribution >= 0.6 is 0 Å². The molecule has 1 aliphatic carbocycles. The summed E-state index contributed by atoms with van der Waals surface area (Å²) in [5, 5.41) is 15.5. The second kappa shape index (κ2) is 11.0. The van der Waals surface area contributed by atoms with Gasteiger partial charge in [-0.15, -0.1) is 0 Å². The topological polar surface area (TPSA) is 130 Å². The van der Waals surface area contributed by atoms with Gasteiger partial charge < -0.3 is 25.4 Å². The van der Waals surface area contributed by atoms with Crippen molar-refractivity contribution in [1.82, 2.24) is 20.3 Å². The summed E-state index contributed by atoms with van der Waals surface area (Å²) in [6.45, 7) is 7.32. The maximum Gasteiger partial charge on any atom is 0.319 e. The summed E-state index contributed by atoms with van der Waals surface area (Å²) in [4.78, 5) is 28.7.